The fourth-order valence-electron chi connectivity index (χ4n) is 1.67. The lowest BCUT2D eigenvalue weighted by atomic mass is 10.3. The third kappa shape index (κ3) is 3.12. The molecule has 0 saturated carbocycles. The molecule has 21 heavy (non-hydrogen) atoms. The van der Waals surface area contributed by atoms with Gasteiger partial charge in [0.1, 0.15) is 15.7 Å². The summed E-state index contributed by atoms with van der Waals surface area (Å²) in [7, 11) is 0. The maximum absolute atomic E-state index is 13.6. The van der Waals surface area contributed by atoms with Crippen LogP contribution in [0, 0.1) is 5.82 Å². The zero-order chi connectivity index (χ0) is 14.8. The monoisotopic (exact) mass is 338 g/mol. The highest BCUT2D eigenvalue weighted by Crippen LogP contribution is 2.29. The van der Waals surface area contributed by atoms with E-state index in [1.165, 1.54) is 29.7 Å². The van der Waals surface area contributed by atoms with Crippen LogP contribution in [-0.2, 0) is 0 Å². The van der Waals surface area contributed by atoms with E-state index in [4.69, 9.17) is 11.6 Å². The van der Waals surface area contributed by atoms with Gasteiger partial charge in [0.05, 0.1) is 16.8 Å². The molecule has 0 radical (unpaired) electrons. The second-order valence-corrected chi connectivity index (χ2v) is 6.50. The Morgan fingerprint density at radius 2 is 2.19 bits per heavy atom. The Kier molecular flexibility index (Phi) is 4.01. The quantitative estimate of drug-likeness (QED) is 0.736. The van der Waals surface area contributed by atoms with Gasteiger partial charge in [0.25, 0.3) is 5.91 Å². The van der Waals surface area contributed by atoms with Gasteiger partial charge in [-0.3, -0.25) is 4.79 Å². The van der Waals surface area contributed by atoms with Crippen LogP contribution in [0.1, 0.15) is 9.67 Å². The van der Waals surface area contributed by atoms with Crippen molar-refractivity contribution in [3.8, 4) is 9.88 Å². The molecular weight excluding hydrogens is 331 g/mol. The largest absolute Gasteiger partial charge is 0.319 e. The van der Waals surface area contributed by atoms with Crippen LogP contribution >= 0.6 is 34.3 Å². The van der Waals surface area contributed by atoms with E-state index in [1.807, 2.05) is 17.5 Å². The number of aromatic nitrogens is 1. The summed E-state index contributed by atoms with van der Waals surface area (Å²) < 4.78 is 13.6. The molecular formula is C14H8ClFN2OS2. The number of hydrogen-bond donors (Lipinski definition) is 1. The fraction of sp³-hybridized carbons (Fsp3) is 0. The number of nitrogens with one attached hydrogen (secondary N) is 1. The van der Waals surface area contributed by atoms with Crippen molar-refractivity contribution in [3.05, 3.63) is 57.6 Å². The zero-order valence-electron chi connectivity index (χ0n) is 10.5. The number of hydrogen-bond acceptors (Lipinski definition) is 4. The Labute approximate surface area is 133 Å². The molecule has 0 unspecified atom stereocenters. The van der Waals surface area contributed by atoms with Crippen molar-refractivity contribution in [2.24, 2.45) is 0 Å². The minimum absolute atomic E-state index is 0.0930. The minimum atomic E-state index is -0.571. The van der Waals surface area contributed by atoms with Gasteiger partial charge in [-0.15, -0.1) is 22.7 Å². The van der Waals surface area contributed by atoms with Crippen molar-refractivity contribution in [2.75, 3.05) is 5.32 Å². The molecule has 0 fully saturated rings. The minimum Gasteiger partial charge on any atom is -0.319 e. The summed E-state index contributed by atoms with van der Waals surface area (Å²) in [6.45, 7) is 0. The molecule has 1 amide bonds. The SMILES string of the molecule is O=C(Nc1ccc(Cl)cc1F)c1cnc(-c2cccs2)s1. The summed E-state index contributed by atoms with van der Waals surface area (Å²) in [5.41, 5.74) is 0.0930. The molecule has 0 saturated heterocycles. The number of thiazole rings is 1. The number of anilines is 1. The third-order valence-electron chi connectivity index (χ3n) is 2.64. The van der Waals surface area contributed by atoms with Crippen LogP contribution in [0.25, 0.3) is 9.88 Å². The molecule has 1 aromatic carbocycles. The molecule has 2 heterocycles. The van der Waals surface area contributed by atoms with Crippen LogP contribution in [0.15, 0.2) is 41.9 Å². The second kappa shape index (κ2) is 5.93. The highest BCUT2D eigenvalue weighted by atomic mass is 35.5. The van der Waals surface area contributed by atoms with E-state index in [9.17, 15) is 9.18 Å². The number of thiophene rings is 1. The molecule has 3 aromatic rings. The van der Waals surface area contributed by atoms with Gasteiger partial charge in [-0.1, -0.05) is 17.7 Å². The molecule has 0 aliphatic carbocycles. The molecule has 3 nitrogen and oxygen atoms in total. The van der Waals surface area contributed by atoms with Crippen molar-refractivity contribution in [1.29, 1.82) is 0 Å². The summed E-state index contributed by atoms with van der Waals surface area (Å²) in [6, 6.07) is 7.95. The van der Waals surface area contributed by atoms with Crippen LogP contribution in [0.4, 0.5) is 10.1 Å². The summed E-state index contributed by atoms with van der Waals surface area (Å²) >= 11 is 8.49. The Morgan fingerprint density at radius 3 is 2.90 bits per heavy atom. The third-order valence-corrected chi connectivity index (χ3v) is 4.91. The predicted molar refractivity (Wildman–Crippen MR) is 84.8 cm³/mol. The van der Waals surface area contributed by atoms with Crippen LogP contribution in [0.2, 0.25) is 5.02 Å². The van der Waals surface area contributed by atoms with Gasteiger partial charge in [-0.05, 0) is 29.6 Å². The second-order valence-electron chi connectivity index (χ2n) is 4.09. The highest BCUT2D eigenvalue weighted by molar-refractivity contribution is 7.22. The Hall–Kier alpha value is -1.76. The number of carbonyl (C=O) groups is 1. The molecule has 0 bridgehead atoms. The first kappa shape index (κ1) is 14.2. The van der Waals surface area contributed by atoms with E-state index in [0.717, 1.165) is 16.0 Å². The molecule has 7 heteroatoms. The number of amides is 1. The van der Waals surface area contributed by atoms with Crippen molar-refractivity contribution in [2.45, 2.75) is 0 Å². The molecule has 0 aliphatic heterocycles. The van der Waals surface area contributed by atoms with Crippen LogP contribution in [0.5, 0.6) is 0 Å². The number of halogens is 2. The summed E-state index contributed by atoms with van der Waals surface area (Å²) in [5.74, 6) is -0.963. The maximum atomic E-state index is 13.6. The van der Waals surface area contributed by atoms with Crippen LogP contribution in [0.3, 0.4) is 0 Å². The van der Waals surface area contributed by atoms with Crippen LogP contribution in [-0.4, -0.2) is 10.9 Å². The first-order chi connectivity index (χ1) is 10.1. The number of carbonyl (C=O) groups excluding carboxylic acids is 1. The van der Waals surface area contributed by atoms with E-state index < -0.39 is 11.7 Å². The van der Waals surface area contributed by atoms with E-state index >= 15 is 0 Å². The standard InChI is InChI=1S/C14H8ClFN2OS2/c15-8-3-4-10(9(16)6-8)18-13(19)12-7-17-14(21-12)11-2-1-5-20-11/h1-7H,(H,18,19). The Bertz CT molecular complexity index is 786. The van der Waals surface area contributed by atoms with Gasteiger partial charge in [-0.25, -0.2) is 9.37 Å². The first-order valence-electron chi connectivity index (χ1n) is 5.89. The average Bonchev–Trinajstić information content (AvgIpc) is 3.10. The predicted octanol–water partition coefficient (Wildman–Crippen LogP) is 4.92. The molecule has 3 rings (SSSR count). The number of rotatable bonds is 3. The van der Waals surface area contributed by atoms with E-state index in [2.05, 4.69) is 10.3 Å². The first-order valence-corrected chi connectivity index (χ1v) is 7.97. The van der Waals surface area contributed by atoms with Gasteiger partial charge in [-0.2, -0.15) is 0 Å². The average molecular weight is 339 g/mol. The van der Waals surface area contributed by atoms with Gasteiger partial charge in [0.2, 0.25) is 0 Å². The van der Waals surface area contributed by atoms with E-state index in [1.54, 1.807) is 11.3 Å². The maximum Gasteiger partial charge on any atom is 0.267 e. The lowest BCUT2D eigenvalue weighted by Crippen LogP contribution is -2.11. The summed E-state index contributed by atoms with van der Waals surface area (Å²) in [5, 5.41) is 5.51. The molecule has 0 spiro atoms. The molecule has 106 valence electrons. The highest BCUT2D eigenvalue weighted by Gasteiger charge is 2.14. The smallest absolute Gasteiger partial charge is 0.267 e. The summed E-state index contributed by atoms with van der Waals surface area (Å²) in [6.07, 6.45) is 1.49. The van der Waals surface area contributed by atoms with Gasteiger partial charge in [0, 0.05) is 5.02 Å². The van der Waals surface area contributed by atoms with E-state index in [-0.39, 0.29) is 10.7 Å². The molecule has 1 N–H and O–H groups in total. The molecule has 2 aromatic heterocycles. The Balaban J connectivity index is 1.79. The topological polar surface area (TPSA) is 42.0 Å². The van der Waals surface area contributed by atoms with Gasteiger partial charge >= 0.3 is 0 Å². The van der Waals surface area contributed by atoms with Crippen molar-refractivity contribution in [1.82, 2.24) is 4.98 Å². The van der Waals surface area contributed by atoms with Crippen LogP contribution < -0.4 is 5.32 Å². The van der Waals surface area contributed by atoms with E-state index in [0.29, 0.717) is 4.88 Å². The Morgan fingerprint density at radius 1 is 1.33 bits per heavy atom. The number of nitrogens with zero attached hydrogens (tertiary/aromatic N) is 1. The lowest BCUT2D eigenvalue weighted by Gasteiger charge is -2.04. The van der Waals surface area contributed by atoms with Gasteiger partial charge < -0.3 is 5.32 Å². The van der Waals surface area contributed by atoms with Crippen molar-refractivity contribution < 1.29 is 9.18 Å². The summed E-state index contributed by atoms with van der Waals surface area (Å²) in [4.78, 5) is 17.7. The zero-order valence-corrected chi connectivity index (χ0v) is 12.9. The molecule has 0 aliphatic rings. The van der Waals surface area contributed by atoms with Gasteiger partial charge in [0.15, 0.2) is 0 Å². The van der Waals surface area contributed by atoms with Crippen molar-refractivity contribution >= 4 is 45.9 Å². The van der Waals surface area contributed by atoms with Crippen molar-refractivity contribution in [3.63, 3.8) is 0 Å². The lowest BCUT2D eigenvalue weighted by molar-refractivity contribution is 0.103. The number of benzene rings is 1. The normalized spacial score (nSPS) is 10.6. The molecule has 0 atom stereocenters. The fourth-order valence-corrected chi connectivity index (χ4v) is 3.44.